The number of hydrogen-bond donors (Lipinski definition) is 1. The highest BCUT2D eigenvalue weighted by molar-refractivity contribution is 5.93. The first-order valence-corrected chi connectivity index (χ1v) is 9.32. The van der Waals surface area contributed by atoms with E-state index in [1.54, 1.807) is 0 Å². The highest BCUT2D eigenvalue weighted by atomic mass is 16.5. The lowest BCUT2D eigenvalue weighted by molar-refractivity contribution is -0.122. The molecule has 1 atom stereocenters. The highest BCUT2D eigenvalue weighted by Crippen LogP contribution is 2.39. The van der Waals surface area contributed by atoms with Crippen molar-refractivity contribution in [3.05, 3.63) is 46.5 Å². The van der Waals surface area contributed by atoms with Crippen molar-refractivity contribution in [1.29, 1.82) is 0 Å². The van der Waals surface area contributed by atoms with Crippen molar-refractivity contribution in [2.45, 2.75) is 51.6 Å². The summed E-state index contributed by atoms with van der Waals surface area (Å²) < 4.78 is 6.90. The SMILES string of the molecule is CC[C@@H](C)NC(=O)Cn1c(=O)cc(-c2nc(C3CC3)no2)c2ccccc21. The maximum atomic E-state index is 12.8. The van der Waals surface area contributed by atoms with Crippen LogP contribution >= 0.6 is 0 Å². The minimum Gasteiger partial charge on any atom is -0.352 e. The van der Waals surface area contributed by atoms with E-state index in [4.69, 9.17) is 4.52 Å². The molecule has 1 aromatic carbocycles. The summed E-state index contributed by atoms with van der Waals surface area (Å²) in [6.07, 6.45) is 2.99. The van der Waals surface area contributed by atoms with E-state index < -0.39 is 0 Å². The number of benzene rings is 1. The minimum atomic E-state index is -0.269. The average molecular weight is 366 g/mol. The van der Waals surface area contributed by atoms with Crippen LogP contribution in [0.25, 0.3) is 22.4 Å². The first-order chi connectivity index (χ1) is 13.1. The summed E-state index contributed by atoms with van der Waals surface area (Å²) in [4.78, 5) is 29.5. The summed E-state index contributed by atoms with van der Waals surface area (Å²) >= 11 is 0. The molecule has 7 nitrogen and oxygen atoms in total. The van der Waals surface area contributed by atoms with Crippen LogP contribution in [0.5, 0.6) is 0 Å². The monoisotopic (exact) mass is 366 g/mol. The van der Waals surface area contributed by atoms with E-state index in [0.717, 1.165) is 24.6 Å². The fourth-order valence-electron chi connectivity index (χ4n) is 3.09. The molecule has 27 heavy (non-hydrogen) atoms. The number of rotatable bonds is 6. The van der Waals surface area contributed by atoms with E-state index >= 15 is 0 Å². The predicted octanol–water partition coefficient (Wildman–Crippen LogP) is 2.84. The third-order valence-corrected chi connectivity index (χ3v) is 4.95. The molecule has 1 amide bonds. The Kier molecular flexibility index (Phi) is 4.51. The van der Waals surface area contributed by atoms with Crippen molar-refractivity contribution in [1.82, 2.24) is 20.0 Å². The number of aromatic nitrogens is 3. The van der Waals surface area contributed by atoms with Gasteiger partial charge in [-0.05, 0) is 32.3 Å². The van der Waals surface area contributed by atoms with E-state index in [0.29, 0.717) is 28.7 Å². The zero-order valence-corrected chi connectivity index (χ0v) is 15.4. The normalized spacial score (nSPS) is 15.0. The number of fused-ring (bicyclic) bond motifs is 1. The molecule has 1 aliphatic rings. The van der Waals surface area contributed by atoms with E-state index in [1.807, 2.05) is 38.1 Å². The van der Waals surface area contributed by atoms with Crippen LogP contribution in [0, 0.1) is 0 Å². The molecule has 2 aromatic heterocycles. The Bertz CT molecular complexity index is 1050. The first kappa shape index (κ1) is 17.5. The number of nitrogens with one attached hydrogen (secondary N) is 1. The Morgan fingerprint density at radius 1 is 1.37 bits per heavy atom. The number of nitrogens with zero attached hydrogens (tertiary/aromatic N) is 3. The van der Waals surface area contributed by atoms with Crippen molar-refractivity contribution in [2.24, 2.45) is 0 Å². The molecule has 140 valence electrons. The Labute approximate surface area is 156 Å². The quantitative estimate of drug-likeness (QED) is 0.724. The fourth-order valence-corrected chi connectivity index (χ4v) is 3.09. The van der Waals surface area contributed by atoms with Gasteiger partial charge in [-0.3, -0.25) is 14.2 Å². The molecule has 7 heteroatoms. The Balaban J connectivity index is 1.75. The van der Waals surface area contributed by atoms with E-state index in [1.165, 1.54) is 10.6 Å². The van der Waals surface area contributed by atoms with Gasteiger partial charge in [0.25, 0.3) is 11.4 Å². The Morgan fingerprint density at radius 2 is 2.15 bits per heavy atom. The van der Waals surface area contributed by atoms with Crippen molar-refractivity contribution < 1.29 is 9.32 Å². The van der Waals surface area contributed by atoms with Gasteiger partial charge in [0, 0.05) is 23.4 Å². The van der Waals surface area contributed by atoms with E-state index in [2.05, 4.69) is 15.5 Å². The lowest BCUT2D eigenvalue weighted by Gasteiger charge is -2.14. The van der Waals surface area contributed by atoms with Crippen LogP contribution in [0.4, 0.5) is 0 Å². The molecule has 1 aliphatic carbocycles. The Hall–Kier alpha value is -2.96. The average Bonchev–Trinajstić information content (AvgIpc) is 3.41. The maximum Gasteiger partial charge on any atom is 0.258 e. The van der Waals surface area contributed by atoms with Crippen LogP contribution < -0.4 is 10.9 Å². The van der Waals surface area contributed by atoms with Gasteiger partial charge in [-0.1, -0.05) is 30.3 Å². The topological polar surface area (TPSA) is 90.0 Å². The van der Waals surface area contributed by atoms with Crippen LogP contribution in [0.3, 0.4) is 0 Å². The number of hydrogen-bond acceptors (Lipinski definition) is 5. The number of carbonyl (C=O) groups is 1. The standard InChI is InChI=1S/C20H22N4O3/c1-3-12(2)21-17(25)11-24-16-7-5-4-6-14(16)15(10-18(24)26)20-22-19(23-27-20)13-8-9-13/h4-7,10,12-13H,3,8-9,11H2,1-2H3,(H,21,25)/t12-/m1/s1. The van der Waals surface area contributed by atoms with Crippen molar-refractivity contribution >= 4 is 16.8 Å². The van der Waals surface area contributed by atoms with E-state index in [9.17, 15) is 9.59 Å². The second-order valence-electron chi connectivity index (χ2n) is 7.11. The van der Waals surface area contributed by atoms with Gasteiger partial charge in [0.2, 0.25) is 5.91 Å². The van der Waals surface area contributed by atoms with Crippen LogP contribution in [0.2, 0.25) is 0 Å². The number of carbonyl (C=O) groups excluding carboxylic acids is 1. The number of para-hydroxylation sites is 1. The fraction of sp³-hybridized carbons (Fsp3) is 0.400. The molecule has 3 aromatic rings. The van der Waals surface area contributed by atoms with Crippen molar-refractivity contribution in [3.63, 3.8) is 0 Å². The molecule has 2 heterocycles. The minimum absolute atomic E-state index is 0.0267. The van der Waals surface area contributed by atoms with Gasteiger partial charge in [0.1, 0.15) is 6.54 Å². The summed E-state index contributed by atoms with van der Waals surface area (Å²) in [5, 5.41) is 7.75. The van der Waals surface area contributed by atoms with Gasteiger partial charge in [-0.25, -0.2) is 0 Å². The predicted molar refractivity (Wildman–Crippen MR) is 101 cm³/mol. The van der Waals surface area contributed by atoms with Crippen LogP contribution in [0.1, 0.15) is 44.9 Å². The molecule has 0 saturated heterocycles. The highest BCUT2D eigenvalue weighted by Gasteiger charge is 2.29. The molecule has 0 unspecified atom stereocenters. The van der Waals surface area contributed by atoms with Crippen LogP contribution in [-0.2, 0) is 11.3 Å². The smallest absolute Gasteiger partial charge is 0.258 e. The van der Waals surface area contributed by atoms with Crippen molar-refractivity contribution in [2.75, 3.05) is 0 Å². The second kappa shape index (κ2) is 6.98. The van der Waals surface area contributed by atoms with Gasteiger partial charge in [0.05, 0.1) is 11.1 Å². The summed E-state index contributed by atoms with van der Waals surface area (Å²) in [7, 11) is 0. The lowest BCUT2D eigenvalue weighted by Crippen LogP contribution is -2.37. The van der Waals surface area contributed by atoms with Crippen molar-refractivity contribution in [3.8, 4) is 11.5 Å². The molecule has 4 rings (SSSR count). The van der Waals surface area contributed by atoms with Gasteiger partial charge < -0.3 is 9.84 Å². The van der Waals surface area contributed by atoms with Gasteiger partial charge in [-0.2, -0.15) is 4.98 Å². The maximum absolute atomic E-state index is 12.8. The molecule has 1 saturated carbocycles. The largest absolute Gasteiger partial charge is 0.352 e. The zero-order chi connectivity index (χ0) is 19.0. The molecule has 0 radical (unpaired) electrons. The molecule has 0 bridgehead atoms. The lowest BCUT2D eigenvalue weighted by atomic mass is 10.1. The number of pyridine rings is 1. The number of amides is 1. The summed E-state index contributed by atoms with van der Waals surface area (Å²) in [6, 6.07) is 9.00. The van der Waals surface area contributed by atoms with Crippen LogP contribution in [0.15, 0.2) is 39.6 Å². The first-order valence-electron chi connectivity index (χ1n) is 9.32. The molecule has 1 N–H and O–H groups in total. The zero-order valence-electron chi connectivity index (χ0n) is 15.4. The van der Waals surface area contributed by atoms with Gasteiger partial charge >= 0.3 is 0 Å². The molecule has 1 fully saturated rings. The van der Waals surface area contributed by atoms with E-state index in [-0.39, 0.29) is 24.1 Å². The molecular formula is C20H22N4O3. The van der Waals surface area contributed by atoms with Gasteiger partial charge in [-0.15, -0.1) is 0 Å². The molecule has 0 aliphatic heterocycles. The third kappa shape index (κ3) is 3.49. The summed E-state index contributed by atoms with van der Waals surface area (Å²) in [5.41, 5.74) is 1.01. The summed E-state index contributed by atoms with van der Waals surface area (Å²) in [6.45, 7) is 3.91. The summed E-state index contributed by atoms with van der Waals surface area (Å²) in [5.74, 6) is 1.24. The van der Waals surface area contributed by atoms with Gasteiger partial charge in [0.15, 0.2) is 5.82 Å². The molecular weight excluding hydrogens is 344 g/mol. The third-order valence-electron chi connectivity index (χ3n) is 4.95. The second-order valence-corrected chi connectivity index (χ2v) is 7.11. The Morgan fingerprint density at radius 3 is 2.89 bits per heavy atom. The van der Waals surface area contributed by atoms with Crippen LogP contribution in [-0.4, -0.2) is 26.7 Å². The molecule has 0 spiro atoms.